The van der Waals surface area contributed by atoms with Gasteiger partial charge in [-0.2, -0.15) is 0 Å². The van der Waals surface area contributed by atoms with E-state index in [0.29, 0.717) is 12.2 Å². The van der Waals surface area contributed by atoms with Crippen LogP contribution in [0, 0.1) is 6.92 Å². The van der Waals surface area contributed by atoms with Crippen molar-refractivity contribution in [2.75, 3.05) is 6.61 Å². The number of amidine groups is 1. The van der Waals surface area contributed by atoms with E-state index in [1.807, 2.05) is 66.7 Å². The maximum Gasteiger partial charge on any atom is 0.328 e. The number of aliphatic carboxylic acids is 2. The van der Waals surface area contributed by atoms with Crippen LogP contribution in [0.3, 0.4) is 0 Å². The van der Waals surface area contributed by atoms with Crippen LogP contribution in [0.4, 0.5) is 0 Å². The number of hydrogen-bond donors (Lipinski definition) is 4. The molecule has 28 heavy (non-hydrogen) atoms. The highest BCUT2D eigenvalue weighted by Crippen LogP contribution is 2.25. The standard InChI is InChI=1S/C16H18N2O2.C4H4O4/c1-12-7-9-14(10-8-12)16(20-11-15(17)18-19)13-5-3-2-4-6-13;5-3(6)1-2-4(7)8/h2-10,16,19H,11H2,1H3,(H2,17,18);1-2H,(H,5,6)(H,7,8)/b;2-1-. The maximum absolute atomic E-state index is 9.53. The normalized spacial score (nSPS) is 12.1. The van der Waals surface area contributed by atoms with Crippen molar-refractivity contribution in [3.8, 4) is 0 Å². The average Bonchev–Trinajstić information content (AvgIpc) is 2.69. The van der Waals surface area contributed by atoms with Gasteiger partial charge < -0.3 is 25.0 Å². The van der Waals surface area contributed by atoms with Gasteiger partial charge in [-0.15, -0.1) is 0 Å². The molecule has 0 aliphatic rings. The molecule has 5 N–H and O–H groups in total. The van der Waals surface area contributed by atoms with Crippen molar-refractivity contribution in [1.82, 2.24) is 0 Å². The van der Waals surface area contributed by atoms with E-state index in [0.717, 1.165) is 11.1 Å². The molecule has 0 aliphatic heterocycles. The van der Waals surface area contributed by atoms with Gasteiger partial charge in [-0.25, -0.2) is 4.79 Å². The second-order valence-corrected chi connectivity index (χ2v) is 5.64. The van der Waals surface area contributed by atoms with Gasteiger partial charge in [0.1, 0.15) is 6.10 Å². The molecule has 8 nitrogen and oxygen atoms in total. The fraction of sp³-hybridized carbons (Fsp3) is 0.150. The summed E-state index contributed by atoms with van der Waals surface area (Å²) in [6.45, 7) is 2.17. The summed E-state index contributed by atoms with van der Waals surface area (Å²) in [7, 11) is 0. The lowest BCUT2D eigenvalue weighted by atomic mass is 10.0. The lowest BCUT2D eigenvalue weighted by Gasteiger charge is -2.18. The van der Waals surface area contributed by atoms with E-state index in [2.05, 4.69) is 0 Å². The van der Waals surface area contributed by atoms with E-state index in [1.165, 1.54) is 5.56 Å². The van der Waals surface area contributed by atoms with Crippen LogP contribution in [-0.4, -0.2) is 34.7 Å². The number of nitrogens with one attached hydrogen (secondary N) is 1. The number of benzene rings is 2. The predicted octanol–water partition coefficient (Wildman–Crippen LogP) is -0.695. The minimum Gasteiger partial charge on any atom is -0.545 e. The van der Waals surface area contributed by atoms with Crippen molar-refractivity contribution < 1.29 is 34.9 Å². The van der Waals surface area contributed by atoms with Crippen molar-refractivity contribution >= 4 is 17.8 Å². The molecule has 0 heterocycles. The molecule has 2 aromatic rings. The van der Waals surface area contributed by atoms with E-state index < -0.39 is 11.9 Å². The number of carboxylic acids is 2. The number of carbonyl (C=O) groups is 2. The van der Waals surface area contributed by atoms with Gasteiger partial charge in [0, 0.05) is 6.08 Å². The Morgan fingerprint density at radius 1 is 1.11 bits per heavy atom. The minimum atomic E-state index is -1.51. The zero-order valence-electron chi connectivity index (χ0n) is 15.2. The van der Waals surface area contributed by atoms with Crippen LogP contribution in [0.5, 0.6) is 0 Å². The zero-order chi connectivity index (χ0) is 20.9. The number of carboxylic acid groups (broad SMARTS) is 2. The Morgan fingerprint density at radius 3 is 2.14 bits per heavy atom. The third kappa shape index (κ3) is 8.63. The molecular weight excluding hydrogens is 364 g/mol. The summed E-state index contributed by atoms with van der Waals surface area (Å²) in [5.74, 6) is -2.63. The van der Waals surface area contributed by atoms with Crippen LogP contribution in [0.25, 0.3) is 0 Å². The number of ether oxygens (including phenoxy) is 1. The van der Waals surface area contributed by atoms with E-state index in [-0.39, 0.29) is 18.5 Å². The molecule has 0 spiro atoms. The smallest absolute Gasteiger partial charge is 0.328 e. The fourth-order valence-electron chi connectivity index (χ4n) is 2.10. The number of hydrogen-bond acceptors (Lipinski definition) is 5. The predicted molar refractivity (Wildman–Crippen MR) is 99.1 cm³/mol. The molecule has 148 valence electrons. The molecule has 0 saturated heterocycles. The third-order valence-electron chi connectivity index (χ3n) is 3.39. The van der Waals surface area contributed by atoms with Crippen LogP contribution in [-0.2, 0) is 14.3 Å². The van der Waals surface area contributed by atoms with Crippen LogP contribution in [0.15, 0.2) is 66.7 Å². The van der Waals surface area contributed by atoms with Gasteiger partial charge in [-0.1, -0.05) is 65.3 Å². The molecule has 2 aromatic carbocycles. The molecule has 0 amide bonds. The summed E-state index contributed by atoms with van der Waals surface area (Å²) in [5, 5.41) is 27.9. The lowest BCUT2D eigenvalue weighted by Crippen LogP contribution is -2.72. The molecule has 0 fully saturated rings. The van der Waals surface area contributed by atoms with Gasteiger partial charge in [0.15, 0.2) is 6.61 Å². The first-order valence-electron chi connectivity index (χ1n) is 8.20. The Balaban J connectivity index is 0.000000416. The van der Waals surface area contributed by atoms with Crippen LogP contribution in [0.1, 0.15) is 22.8 Å². The molecule has 8 heteroatoms. The Labute approximate surface area is 162 Å². The number of aryl methyl sites for hydroxylation is 1. The summed E-state index contributed by atoms with van der Waals surface area (Å²) in [5.41, 5.74) is 8.82. The van der Waals surface area contributed by atoms with Crippen molar-refractivity contribution in [1.29, 1.82) is 0 Å². The Hall–Kier alpha value is -3.65. The highest BCUT2D eigenvalue weighted by molar-refractivity contribution is 5.88. The second-order valence-electron chi connectivity index (χ2n) is 5.64. The van der Waals surface area contributed by atoms with Crippen molar-refractivity contribution in [2.24, 2.45) is 5.73 Å². The molecule has 0 saturated carbocycles. The van der Waals surface area contributed by atoms with Gasteiger partial charge in [0.2, 0.25) is 0 Å². The van der Waals surface area contributed by atoms with Crippen molar-refractivity contribution in [3.63, 3.8) is 0 Å². The van der Waals surface area contributed by atoms with Gasteiger partial charge in [0.05, 0.1) is 5.97 Å². The zero-order valence-corrected chi connectivity index (χ0v) is 15.2. The molecule has 0 bridgehead atoms. The molecule has 1 unspecified atom stereocenters. The summed E-state index contributed by atoms with van der Waals surface area (Å²) >= 11 is 0. The summed E-state index contributed by atoms with van der Waals surface area (Å²) in [6, 6.07) is 18.1. The molecule has 0 aromatic heterocycles. The molecule has 0 aliphatic carbocycles. The third-order valence-corrected chi connectivity index (χ3v) is 3.39. The molecule has 0 radical (unpaired) electrons. The Bertz CT molecular complexity index is 800. The highest BCUT2D eigenvalue weighted by Gasteiger charge is 2.16. The van der Waals surface area contributed by atoms with Gasteiger partial charge in [-0.3, -0.25) is 5.73 Å². The first-order chi connectivity index (χ1) is 13.3. The van der Waals surface area contributed by atoms with Gasteiger partial charge >= 0.3 is 11.8 Å². The number of carbonyl (C=O) groups excluding carboxylic acids is 1. The number of nitrogens with two attached hydrogens (primary N) is 1. The molecule has 1 atom stereocenters. The highest BCUT2D eigenvalue weighted by atomic mass is 16.5. The second kappa shape index (κ2) is 11.9. The minimum absolute atomic E-state index is 0.129. The SMILES string of the molecule is Cc1ccc(C(OC/C(N)=[NH+]/O)c2ccccc2)cc1.O=C([O-])/C=C\C(=O)O. The van der Waals surface area contributed by atoms with Crippen molar-refractivity contribution in [3.05, 3.63) is 83.4 Å². The maximum atomic E-state index is 9.53. The van der Waals surface area contributed by atoms with Crippen molar-refractivity contribution in [2.45, 2.75) is 13.0 Å². The lowest BCUT2D eigenvalue weighted by molar-refractivity contribution is -0.739. The Morgan fingerprint density at radius 2 is 1.68 bits per heavy atom. The molecular formula is C20H22N2O6. The van der Waals surface area contributed by atoms with Crippen LogP contribution >= 0.6 is 0 Å². The first kappa shape index (κ1) is 22.4. The van der Waals surface area contributed by atoms with E-state index in [1.54, 1.807) is 0 Å². The largest absolute Gasteiger partial charge is 0.545 e. The average molecular weight is 386 g/mol. The summed E-state index contributed by atoms with van der Waals surface area (Å²) < 4.78 is 5.82. The van der Waals surface area contributed by atoms with Gasteiger partial charge in [-0.05, 0) is 24.1 Å². The summed E-state index contributed by atoms with van der Waals surface area (Å²) in [6.07, 6.45) is 0.723. The number of rotatable bonds is 7. The van der Waals surface area contributed by atoms with Crippen LogP contribution < -0.4 is 16.0 Å². The quantitative estimate of drug-likeness (QED) is 0.162. The van der Waals surface area contributed by atoms with E-state index in [4.69, 9.17) is 20.8 Å². The molecule has 2 rings (SSSR count). The Kier molecular flexibility index (Phi) is 9.49. The van der Waals surface area contributed by atoms with E-state index >= 15 is 0 Å². The van der Waals surface area contributed by atoms with Gasteiger partial charge in [0.25, 0.3) is 0 Å². The van der Waals surface area contributed by atoms with Crippen LogP contribution in [0.2, 0.25) is 0 Å². The summed E-state index contributed by atoms with van der Waals surface area (Å²) in [4.78, 5) is 19.0. The first-order valence-corrected chi connectivity index (χ1v) is 8.20. The fourth-order valence-corrected chi connectivity index (χ4v) is 2.10. The topological polar surface area (TPSA) is 147 Å². The monoisotopic (exact) mass is 386 g/mol. The van der Waals surface area contributed by atoms with E-state index in [9.17, 15) is 14.7 Å².